The Morgan fingerprint density at radius 3 is 2.44 bits per heavy atom. The molecule has 4 nitrogen and oxygen atoms in total. The number of aromatic amines is 1. The van der Waals surface area contributed by atoms with Crippen molar-refractivity contribution in [3.63, 3.8) is 0 Å². The Hall–Kier alpha value is -2.17. The van der Waals surface area contributed by atoms with Gasteiger partial charge in [0.05, 0.1) is 11.8 Å². The molecule has 0 aromatic carbocycles. The lowest BCUT2D eigenvalue weighted by molar-refractivity contribution is -0.141. The molecule has 0 aliphatic rings. The molecule has 0 aliphatic carbocycles. The third-order valence-electron chi connectivity index (χ3n) is 3.30. The summed E-state index contributed by atoms with van der Waals surface area (Å²) in [6, 6.07) is 1.73. The summed E-state index contributed by atoms with van der Waals surface area (Å²) in [5, 5.41) is 0.411. The Morgan fingerprint density at radius 2 is 1.88 bits per heavy atom. The number of pyridine rings is 1. The lowest BCUT2D eigenvalue weighted by Gasteiger charge is -2.07. The van der Waals surface area contributed by atoms with Crippen LogP contribution in [0, 0.1) is 0 Å². The van der Waals surface area contributed by atoms with Gasteiger partial charge in [0.1, 0.15) is 22.1 Å². The maximum absolute atomic E-state index is 12.8. The van der Waals surface area contributed by atoms with Gasteiger partial charge in [0.15, 0.2) is 5.82 Å². The van der Waals surface area contributed by atoms with Crippen LogP contribution in [0.25, 0.3) is 17.2 Å². The van der Waals surface area contributed by atoms with Gasteiger partial charge < -0.3 is 4.98 Å². The predicted octanol–water partition coefficient (Wildman–Crippen LogP) is 4.87. The van der Waals surface area contributed by atoms with Crippen LogP contribution in [-0.2, 0) is 12.4 Å². The van der Waals surface area contributed by atoms with E-state index in [1.165, 1.54) is 22.4 Å². The number of aromatic nitrogens is 4. The first-order valence-corrected chi connectivity index (χ1v) is 7.94. The highest BCUT2D eigenvalue weighted by molar-refractivity contribution is 7.99. The van der Waals surface area contributed by atoms with Crippen molar-refractivity contribution in [3.05, 3.63) is 35.8 Å². The molecule has 0 bridgehead atoms. The SMILES string of the molecule is CCSc1c(-c2ncc(C(F)(F)F)[nH]2)nc2cc(C(F)(F)F)ccn12. The summed E-state index contributed by atoms with van der Waals surface area (Å²) >= 11 is 1.24. The average Bonchev–Trinajstić information content (AvgIpc) is 3.10. The van der Waals surface area contributed by atoms with Crippen LogP contribution in [0.2, 0.25) is 0 Å². The zero-order chi connectivity index (χ0) is 18.4. The molecule has 0 saturated carbocycles. The van der Waals surface area contributed by atoms with Crippen LogP contribution in [0.15, 0.2) is 29.6 Å². The first-order valence-electron chi connectivity index (χ1n) is 6.96. The zero-order valence-corrected chi connectivity index (χ0v) is 13.4. The summed E-state index contributed by atoms with van der Waals surface area (Å²) in [6.45, 7) is 1.81. The molecule has 3 aromatic rings. The third-order valence-corrected chi connectivity index (χ3v) is 4.25. The van der Waals surface area contributed by atoms with Gasteiger partial charge in [-0.2, -0.15) is 26.3 Å². The Morgan fingerprint density at radius 1 is 1.16 bits per heavy atom. The van der Waals surface area contributed by atoms with Crippen LogP contribution in [0.1, 0.15) is 18.2 Å². The zero-order valence-electron chi connectivity index (χ0n) is 12.5. The van der Waals surface area contributed by atoms with Crippen molar-refractivity contribution >= 4 is 17.4 Å². The molecule has 0 spiro atoms. The second-order valence-electron chi connectivity index (χ2n) is 4.98. The summed E-state index contributed by atoms with van der Waals surface area (Å²) in [7, 11) is 0. The number of thioether (sulfide) groups is 1. The number of hydrogen-bond acceptors (Lipinski definition) is 3. The highest BCUT2D eigenvalue weighted by Gasteiger charge is 2.34. The van der Waals surface area contributed by atoms with Crippen LogP contribution >= 0.6 is 11.8 Å². The fraction of sp³-hybridized carbons (Fsp3) is 0.286. The van der Waals surface area contributed by atoms with Crippen molar-refractivity contribution in [1.82, 2.24) is 19.4 Å². The van der Waals surface area contributed by atoms with E-state index in [4.69, 9.17) is 0 Å². The number of halogens is 6. The maximum Gasteiger partial charge on any atom is 0.432 e. The number of H-pyrrole nitrogens is 1. The fourth-order valence-electron chi connectivity index (χ4n) is 2.21. The molecule has 0 aliphatic heterocycles. The number of nitrogens with one attached hydrogen (secondary N) is 1. The van der Waals surface area contributed by atoms with Gasteiger partial charge in [0, 0.05) is 6.20 Å². The molecular weight excluding hydrogens is 370 g/mol. The minimum absolute atomic E-state index is 0.0225. The van der Waals surface area contributed by atoms with Crippen LogP contribution in [0.5, 0.6) is 0 Å². The maximum atomic E-state index is 12.8. The van der Waals surface area contributed by atoms with Crippen LogP contribution in [0.4, 0.5) is 26.3 Å². The van der Waals surface area contributed by atoms with E-state index in [1.54, 1.807) is 6.92 Å². The number of rotatable bonds is 3. The van der Waals surface area contributed by atoms with E-state index < -0.39 is 23.6 Å². The molecule has 0 unspecified atom stereocenters. The minimum Gasteiger partial charge on any atom is -0.333 e. The number of fused-ring (bicyclic) bond motifs is 1. The van der Waals surface area contributed by atoms with Gasteiger partial charge in [-0.25, -0.2) is 9.97 Å². The quantitative estimate of drug-likeness (QED) is 0.521. The Balaban J connectivity index is 2.16. The van der Waals surface area contributed by atoms with E-state index in [0.29, 0.717) is 17.0 Å². The first kappa shape index (κ1) is 17.6. The molecule has 0 radical (unpaired) electrons. The lowest BCUT2D eigenvalue weighted by Crippen LogP contribution is -2.05. The Bertz CT molecular complexity index is 908. The number of hydrogen-bond donors (Lipinski definition) is 1. The molecule has 134 valence electrons. The van der Waals surface area contributed by atoms with E-state index in [0.717, 1.165) is 12.1 Å². The van der Waals surface area contributed by atoms with E-state index in [9.17, 15) is 26.3 Å². The molecule has 0 amide bonds. The van der Waals surface area contributed by atoms with Crippen molar-refractivity contribution in [2.75, 3.05) is 5.75 Å². The van der Waals surface area contributed by atoms with E-state index in [1.807, 2.05) is 0 Å². The highest BCUT2D eigenvalue weighted by atomic mass is 32.2. The van der Waals surface area contributed by atoms with Gasteiger partial charge in [-0.05, 0) is 17.9 Å². The monoisotopic (exact) mass is 380 g/mol. The molecule has 3 rings (SSSR count). The molecule has 0 fully saturated rings. The van der Waals surface area contributed by atoms with Crippen molar-refractivity contribution in [2.45, 2.75) is 24.3 Å². The number of nitrogens with zero attached hydrogens (tertiary/aromatic N) is 3. The van der Waals surface area contributed by atoms with Crippen molar-refractivity contribution in [2.24, 2.45) is 0 Å². The first-order chi connectivity index (χ1) is 11.6. The molecule has 25 heavy (non-hydrogen) atoms. The summed E-state index contributed by atoms with van der Waals surface area (Å²) in [5.41, 5.74) is -1.89. The highest BCUT2D eigenvalue weighted by Crippen LogP contribution is 2.35. The standard InChI is InChI=1S/C14H10F6N4S/c1-2-25-12-10(11-21-6-8(22-11)14(18,19)20)23-9-5-7(13(15,16)17)3-4-24(9)12/h3-6H,2H2,1H3,(H,21,22). The molecule has 3 heterocycles. The molecular formula is C14H10F6N4S. The normalized spacial score (nSPS) is 12.9. The smallest absolute Gasteiger partial charge is 0.333 e. The Labute approximate surface area is 141 Å². The molecule has 0 atom stereocenters. The van der Waals surface area contributed by atoms with E-state index in [2.05, 4.69) is 15.0 Å². The van der Waals surface area contributed by atoms with Crippen molar-refractivity contribution < 1.29 is 26.3 Å². The predicted molar refractivity (Wildman–Crippen MR) is 79.2 cm³/mol. The second-order valence-corrected chi connectivity index (χ2v) is 6.24. The van der Waals surface area contributed by atoms with Crippen LogP contribution in [0.3, 0.4) is 0 Å². The van der Waals surface area contributed by atoms with Crippen LogP contribution < -0.4 is 0 Å². The van der Waals surface area contributed by atoms with E-state index in [-0.39, 0.29) is 17.2 Å². The van der Waals surface area contributed by atoms with Gasteiger partial charge in [-0.1, -0.05) is 6.92 Å². The van der Waals surface area contributed by atoms with Gasteiger partial charge in [-0.15, -0.1) is 11.8 Å². The summed E-state index contributed by atoms with van der Waals surface area (Å²) in [6.07, 6.45) is -7.33. The lowest BCUT2D eigenvalue weighted by atomic mass is 10.2. The topological polar surface area (TPSA) is 46.0 Å². The molecule has 3 aromatic heterocycles. The Kier molecular flexibility index (Phi) is 4.21. The van der Waals surface area contributed by atoms with Gasteiger partial charge >= 0.3 is 12.4 Å². The van der Waals surface area contributed by atoms with Gasteiger partial charge in [0.25, 0.3) is 0 Å². The van der Waals surface area contributed by atoms with Crippen molar-refractivity contribution in [1.29, 1.82) is 0 Å². The van der Waals surface area contributed by atoms with Gasteiger partial charge in [-0.3, -0.25) is 4.40 Å². The molecule has 0 saturated heterocycles. The second kappa shape index (κ2) is 5.97. The van der Waals surface area contributed by atoms with Gasteiger partial charge in [0.2, 0.25) is 0 Å². The summed E-state index contributed by atoms with van der Waals surface area (Å²) in [5.74, 6) is 0.398. The van der Waals surface area contributed by atoms with Crippen LogP contribution in [-0.4, -0.2) is 25.1 Å². The number of imidazole rings is 2. The fourth-order valence-corrected chi connectivity index (χ4v) is 3.06. The molecule has 11 heteroatoms. The number of alkyl halides is 6. The van der Waals surface area contributed by atoms with E-state index >= 15 is 0 Å². The van der Waals surface area contributed by atoms with Crippen molar-refractivity contribution in [3.8, 4) is 11.5 Å². The third kappa shape index (κ3) is 3.32. The largest absolute Gasteiger partial charge is 0.432 e. The minimum atomic E-state index is -4.61. The average molecular weight is 380 g/mol. The summed E-state index contributed by atoms with van der Waals surface area (Å²) < 4.78 is 78.1. The summed E-state index contributed by atoms with van der Waals surface area (Å²) in [4.78, 5) is 9.85. The molecule has 1 N–H and O–H groups in total.